The summed E-state index contributed by atoms with van der Waals surface area (Å²) in [7, 11) is -2.86. The maximum atomic E-state index is 12.4. The largest absolute Gasteiger partial charge is 0.480 e. The number of hydrogen-bond acceptors (Lipinski definition) is 5. The molecule has 1 aromatic carbocycles. The topological polar surface area (TPSA) is 110 Å². The van der Waals surface area contributed by atoms with Gasteiger partial charge in [-0.3, -0.25) is 4.79 Å². The van der Waals surface area contributed by atoms with Crippen molar-refractivity contribution < 1.29 is 27.9 Å². The van der Waals surface area contributed by atoms with E-state index in [4.69, 9.17) is 5.11 Å². The molecule has 1 aromatic rings. The summed E-state index contributed by atoms with van der Waals surface area (Å²) in [6.07, 6.45) is 0.685. The van der Waals surface area contributed by atoms with Crippen LogP contribution in [0.1, 0.15) is 35.7 Å². The van der Waals surface area contributed by atoms with E-state index in [1.165, 1.54) is 32.2 Å². The predicted octanol–water partition coefficient (Wildman–Crippen LogP) is 1.31. The zero-order valence-corrected chi connectivity index (χ0v) is 13.4. The van der Waals surface area contributed by atoms with Crippen molar-refractivity contribution in [2.45, 2.75) is 37.6 Å². The quantitative estimate of drug-likeness (QED) is 0.730. The van der Waals surface area contributed by atoms with E-state index in [0.717, 1.165) is 0 Å². The summed E-state index contributed by atoms with van der Waals surface area (Å²) < 4.78 is 31.5. The highest BCUT2D eigenvalue weighted by Crippen LogP contribution is 2.20. The molecular weight excluding hydrogens is 310 g/mol. The number of esters is 1. The molecule has 1 unspecified atom stereocenters. The van der Waals surface area contributed by atoms with Gasteiger partial charge in [-0.2, -0.15) is 4.72 Å². The van der Waals surface area contributed by atoms with Crippen molar-refractivity contribution in [1.29, 1.82) is 0 Å². The van der Waals surface area contributed by atoms with Crippen molar-refractivity contribution in [2.24, 2.45) is 0 Å². The zero-order valence-electron chi connectivity index (χ0n) is 12.6. The van der Waals surface area contributed by atoms with Crippen LogP contribution in [0.2, 0.25) is 0 Å². The van der Waals surface area contributed by atoms with Crippen LogP contribution in [0.5, 0.6) is 0 Å². The van der Waals surface area contributed by atoms with E-state index in [-0.39, 0.29) is 22.4 Å². The third kappa shape index (κ3) is 4.05. The first-order valence-corrected chi connectivity index (χ1v) is 8.16. The molecule has 0 aliphatic rings. The Labute approximate surface area is 129 Å². The van der Waals surface area contributed by atoms with Crippen molar-refractivity contribution in [3.05, 3.63) is 29.3 Å². The maximum absolute atomic E-state index is 12.4. The van der Waals surface area contributed by atoms with Gasteiger partial charge in [0.15, 0.2) is 0 Å². The molecule has 0 amide bonds. The van der Waals surface area contributed by atoms with E-state index < -0.39 is 28.0 Å². The summed E-state index contributed by atoms with van der Waals surface area (Å²) in [4.78, 5) is 22.6. The lowest BCUT2D eigenvalue weighted by Crippen LogP contribution is -2.40. The Morgan fingerprint density at radius 1 is 1.36 bits per heavy atom. The fraction of sp³-hybridized carbons (Fsp3) is 0.429. The molecule has 0 bridgehead atoms. The highest BCUT2D eigenvalue weighted by molar-refractivity contribution is 7.89. The summed E-state index contributed by atoms with van der Waals surface area (Å²) in [6.45, 7) is 3.23. The molecule has 22 heavy (non-hydrogen) atoms. The number of carbonyl (C=O) groups is 2. The zero-order chi connectivity index (χ0) is 16.9. The predicted molar refractivity (Wildman–Crippen MR) is 79.2 cm³/mol. The summed E-state index contributed by atoms with van der Waals surface area (Å²) >= 11 is 0. The second-order valence-corrected chi connectivity index (χ2v) is 6.40. The van der Waals surface area contributed by atoms with Crippen LogP contribution in [0.15, 0.2) is 23.1 Å². The number of carbonyl (C=O) groups excluding carboxylic acids is 1. The third-order valence-electron chi connectivity index (χ3n) is 3.15. The first-order valence-electron chi connectivity index (χ1n) is 6.67. The van der Waals surface area contributed by atoms with E-state index >= 15 is 0 Å². The molecule has 0 heterocycles. The monoisotopic (exact) mass is 329 g/mol. The maximum Gasteiger partial charge on any atom is 0.338 e. The summed E-state index contributed by atoms with van der Waals surface area (Å²) in [6, 6.07) is 2.95. The van der Waals surface area contributed by atoms with Gasteiger partial charge < -0.3 is 9.84 Å². The van der Waals surface area contributed by atoms with Gasteiger partial charge in [0, 0.05) is 0 Å². The Morgan fingerprint density at radius 2 is 2.00 bits per heavy atom. The third-order valence-corrected chi connectivity index (χ3v) is 4.77. The first-order chi connectivity index (χ1) is 10.2. The molecule has 122 valence electrons. The average molecular weight is 329 g/mol. The number of carboxylic acid groups (broad SMARTS) is 1. The van der Waals surface area contributed by atoms with Gasteiger partial charge in [-0.05, 0) is 31.0 Å². The normalized spacial score (nSPS) is 12.7. The Kier molecular flexibility index (Phi) is 6.07. The van der Waals surface area contributed by atoms with Crippen LogP contribution in [-0.4, -0.2) is 38.6 Å². The van der Waals surface area contributed by atoms with E-state index in [0.29, 0.717) is 6.42 Å². The number of methoxy groups -OCH3 is 1. The average Bonchev–Trinajstić information content (AvgIpc) is 2.45. The van der Waals surface area contributed by atoms with Crippen molar-refractivity contribution in [3.8, 4) is 0 Å². The molecule has 0 aliphatic heterocycles. The molecule has 0 radical (unpaired) electrons. The fourth-order valence-electron chi connectivity index (χ4n) is 2.01. The minimum absolute atomic E-state index is 0.118. The van der Waals surface area contributed by atoms with Crippen LogP contribution in [0.3, 0.4) is 0 Å². The van der Waals surface area contributed by atoms with Gasteiger partial charge in [-0.25, -0.2) is 13.2 Å². The number of carboxylic acids is 1. The van der Waals surface area contributed by atoms with Crippen LogP contribution < -0.4 is 4.72 Å². The van der Waals surface area contributed by atoms with Crippen LogP contribution in [0.4, 0.5) is 0 Å². The minimum atomic E-state index is -4.06. The van der Waals surface area contributed by atoms with Crippen LogP contribution >= 0.6 is 0 Å². The highest BCUT2D eigenvalue weighted by Gasteiger charge is 2.27. The molecule has 0 aromatic heterocycles. The lowest BCUT2D eigenvalue weighted by molar-refractivity contribution is -0.139. The van der Waals surface area contributed by atoms with Crippen molar-refractivity contribution in [2.75, 3.05) is 7.11 Å². The molecular formula is C14H19NO6S. The van der Waals surface area contributed by atoms with E-state index in [1.54, 1.807) is 6.92 Å². The van der Waals surface area contributed by atoms with Crippen LogP contribution in [0.25, 0.3) is 0 Å². The van der Waals surface area contributed by atoms with Gasteiger partial charge in [0.25, 0.3) is 0 Å². The lowest BCUT2D eigenvalue weighted by Gasteiger charge is -2.16. The van der Waals surface area contributed by atoms with Gasteiger partial charge in [-0.15, -0.1) is 0 Å². The number of aliphatic carboxylic acids is 1. The summed E-state index contributed by atoms with van der Waals surface area (Å²) in [5, 5.41) is 9.06. The molecule has 0 saturated carbocycles. The second kappa shape index (κ2) is 7.37. The summed E-state index contributed by atoms with van der Waals surface area (Å²) in [5.41, 5.74) is 0.329. The Balaban J connectivity index is 3.23. The fourth-order valence-corrected chi connectivity index (χ4v) is 3.50. The van der Waals surface area contributed by atoms with Crippen molar-refractivity contribution in [3.63, 3.8) is 0 Å². The van der Waals surface area contributed by atoms with Gasteiger partial charge in [0.05, 0.1) is 17.6 Å². The molecule has 1 atom stereocenters. The smallest absolute Gasteiger partial charge is 0.338 e. The van der Waals surface area contributed by atoms with Gasteiger partial charge >= 0.3 is 11.9 Å². The van der Waals surface area contributed by atoms with Crippen molar-refractivity contribution >= 4 is 22.0 Å². The Bertz CT molecular complexity index is 668. The molecule has 2 N–H and O–H groups in total. The molecule has 7 nitrogen and oxygen atoms in total. The van der Waals surface area contributed by atoms with Crippen LogP contribution in [-0.2, 0) is 19.6 Å². The first kappa shape index (κ1) is 18.1. The lowest BCUT2D eigenvalue weighted by atomic mass is 10.1. The number of hydrogen-bond donors (Lipinski definition) is 2. The molecule has 8 heteroatoms. The van der Waals surface area contributed by atoms with E-state index in [2.05, 4.69) is 9.46 Å². The van der Waals surface area contributed by atoms with Gasteiger partial charge in [-0.1, -0.05) is 19.4 Å². The number of benzene rings is 1. The van der Waals surface area contributed by atoms with Gasteiger partial charge in [0.2, 0.25) is 10.0 Å². The number of sulfonamides is 1. The van der Waals surface area contributed by atoms with E-state index in [1.807, 2.05) is 0 Å². The standard InChI is InChI=1S/C14H19NO6S/c1-4-6-11(13(16)17)15-22(19,20)12-8-5-7-10(9(12)2)14(18)21-3/h5,7-8,11,15H,4,6H2,1-3H3,(H,16,17). The van der Waals surface area contributed by atoms with Crippen molar-refractivity contribution in [1.82, 2.24) is 4.72 Å². The minimum Gasteiger partial charge on any atom is -0.480 e. The molecule has 0 saturated heterocycles. The highest BCUT2D eigenvalue weighted by atomic mass is 32.2. The number of rotatable bonds is 7. The van der Waals surface area contributed by atoms with Gasteiger partial charge in [0.1, 0.15) is 6.04 Å². The van der Waals surface area contributed by atoms with Crippen LogP contribution in [0, 0.1) is 6.92 Å². The second-order valence-electron chi connectivity index (χ2n) is 4.72. The molecule has 0 spiro atoms. The SMILES string of the molecule is CCCC(NS(=O)(=O)c1cccc(C(=O)OC)c1C)C(=O)O. The Morgan fingerprint density at radius 3 is 2.50 bits per heavy atom. The number of ether oxygens (including phenoxy) is 1. The van der Waals surface area contributed by atoms with E-state index in [9.17, 15) is 18.0 Å². The Hall–Kier alpha value is -1.93. The summed E-state index contributed by atoms with van der Waals surface area (Å²) in [5.74, 6) is -1.90. The number of nitrogens with one attached hydrogen (secondary N) is 1. The molecule has 0 aliphatic carbocycles. The molecule has 1 rings (SSSR count). The molecule has 0 fully saturated rings.